The summed E-state index contributed by atoms with van der Waals surface area (Å²) in [6, 6.07) is 12.2. The van der Waals surface area contributed by atoms with Crippen LogP contribution in [0.4, 0.5) is 5.82 Å². The number of hydrogen-bond donors (Lipinski definition) is 3. The number of hydrogen-bond acceptors (Lipinski definition) is 3. The van der Waals surface area contributed by atoms with Crippen molar-refractivity contribution in [3.05, 3.63) is 60.4 Å². The summed E-state index contributed by atoms with van der Waals surface area (Å²) < 4.78 is 0. The summed E-state index contributed by atoms with van der Waals surface area (Å²) in [4.78, 5) is 0. The van der Waals surface area contributed by atoms with Gasteiger partial charge in [-0.25, -0.2) is 0 Å². The van der Waals surface area contributed by atoms with E-state index in [-0.39, 0.29) is 0 Å². The molecule has 2 aromatic rings. The monoisotopic (exact) mass is 308 g/mol. The van der Waals surface area contributed by atoms with Crippen LogP contribution in [0.15, 0.2) is 60.4 Å². The number of nitrogens with zero attached hydrogens (tertiary/aromatic N) is 1. The minimum Gasteiger partial charge on any atom is -0.388 e. The molecule has 0 unspecified atom stereocenters. The van der Waals surface area contributed by atoms with Gasteiger partial charge in [0.15, 0.2) is 5.82 Å². The van der Waals surface area contributed by atoms with Gasteiger partial charge in [-0.2, -0.15) is 5.10 Å². The van der Waals surface area contributed by atoms with E-state index in [4.69, 9.17) is 0 Å². The summed E-state index contributed by atoms with van der Waals surface area (Å²) in [5, 5.41) is 14.2. The number of allylic oxidation sites excluding steroid dienone is 2. The molecule has 23 heavy (non-hydrogen) atoms. The van der Waals surface area contributed by atoms with Crippen molar-refractivity contribution >= 4 is 5.82 Å². The maximum absolute atomic E-state index is 4.32. The molecule has 0 spiro atoms. The highest BCUT2D eigenvalue weighted by molar-refractivity contribution is 5.63. The number of nitrogens with one attached hydrogen (secondary N) is 3. The number of aromatic nitrogens is 2. The Bertz CT molecular complexity index is 680. The molecule has 3 rings (SSSR count). The zero-order valence-electron chi connectivity index (χ0n) is 13.6. The molecule has 1 aromatic carbocycles. The van der Waals surface area contributed by atoms with Crippen LogP contribution in [-0.4, -0.2) is 16.7 Å². The van der Waals surface area contributed by atoms with Gasteiger partial charge >= 0.3 is 0 Å². The minimum atomic E-state index is 0.680. The van der Waals surface area contributed by atoms with Crippen LogP contribution in [0.3, 0.4) is 0 Å². The van der Waals surface area contributed by atoms with Crippen LogP contribution in [-0.2, 0) is 0 Å². The van der Waals surface area contributed by atoms with E-state index < -0.39 is 0 Å². The van der Waals surface area contributed by atoms with Crippen molar-refractivity contribution in [1.29, 1.82) is 0 Å². The zero-order chi connectivity index (χ0) is 16.1. The summed E-state index contributed by atoms with van der Waals surface area (Å²) in [5.41, 5.74) is 4.28. The average Bonchev–Trinajstić information content (AvgIpc) is 3.32. The number of H-pyrrole nitrogens is 1. The molecule has 1 fully saturated rings. The van der Waals surface area contributed by atoms with Crippen molar-refractivity contribution in [3.63, 3.8) is 0 Å². The molecule has 0 atom stereocenters. The molecule has 120 valence electrons. The molecule has 4 heteroatoms. The standard InChI is InChI=1S/C19H24N4/c1-3-11-20-17(16-9-10-16)12-14(2)21-19-13-18(22-23-19)15-7-5-4-6-8-15/h4-8,12-13,16,20H,2-3,9-11H2,1H3,(H2,21,22,23)/b17-12-. The van der Waals surface area contributed by atoms with Crippen LogP contribution in [0.5, 0.6) is 0 Å². The van der Waals surface area contributed by atoms with E-state index in [1.165, 1.54) is 18.5 Å². The molecule has 4 nitrogen and oxygen atoms in total. The fraction of sp³-hybridized carbons (Fsp3) is 0.316. The molecule has 0 saturated heterocycles. The van der Waals surface area contributed by atoms with Crippen molar-refractivity contribution in [2.75, 3.05) is 11.9 Å². The summed E-state index contributed by atoms with van der Waals surface area (Å²) in [7, 11) is 0. The van der Waals surface area contributed by atoms with E-state index in [0.29, 0.717) is 5.92 Å². The molecule has 1 aliphatic rings. The largest absolute Gasteiger partial charge is 0.388 e. The first-order chi connectivity index (χ1) is 11.3. The maximum atomic E-state index is 4.32. The van der Waals surface area contributed by atoms with Gasteiger partial charge in [-0.3, -0.25) is 5.10 Å². The van der Waals surface area contributed by atoms with Gasteiger partial charge in [0.05, 0.1) is 5.69 Å². The van der Waals surface area contributed by atoms with Gasteiger partial charge in [-0.05, 0) is 36.8 Å². The van der Waals surface area contributed by atoms with Crippen molar-refractivity contribution in [2.45, 2.75) is 26.2 Å². The summed E-state index contributed by atoms with van der Waals surface area (Å²) in [6.07, 6.45) is 5.79. The van der Waals surface area contributed by atoms with Crippen LogP contribution in [0.1, 0.15) is 26.2 Å². The van der Waals surface area contributed by atoms with Crippen LogP contribution in [0.2, 0.25) is 0 Å². The topological polar surface area (TPSA) is 52.7 Å². The fourth-order valence-corrected chi connectivity index (χ4v) is 2.52. The van der Waals surface area contributed by atoms with E-state index >= 15 is 0 Å². The lowest BCUT2D eigenvalue weighted by Gasteiger charge is -2.10. The normalized spacial score (nSPS) is 14.6. The number of aromatic amines is 1. The third kappa shape index (κ3) is 4.25. The second-order valence-electron chi connectivity index (χ2n) is 5.98. The predicted octanol–water partition coefficient (Wildman–Crippen LogP) is 4.30. The molecule has 0 radical (unpaired) electrons. The van der Waals surface area contributed by atoms with Crippen molar-refractivity contribution < 1.29 is 0 Å². The molecule has 0 amide bonds. The summed E-state index contributed by atoms with van der Waals surface area (Å²) in [5.74, 6) is 1.47. The van der Waals surface area contributed by atoms with Crippen molar-refractivity contribution in [2.24, 2.45) is 5.92 Å². The molecule has 3 N–H and O–H groups in total. The van der Waals surface area contributed by atoms with Gasteiger partial charge in [0, 0.05) is 24.0 Å². The van der Waals surface area contributed by atoms with E-state index in [9.17, 15) is 0 Å². The van der Waals surface area contributed by atoms with Gasteiger partial charge in [0.25, 0.3) is 0 Å². The third-order valence-electron chi connectivity index (χ3n) is 3.88. The highest BCUT2D eigenvalue weighted by Crippen LogP contribution is 2.35. The lowest BCUT2D eigenvalue weighted by atomic mass is 10.1. The number of rotatable bonds is 8. The minimum absolute atomic E-state index is 0.680. The Kier molecular flexibility index (Phi) is 4.81. The van der Waals surface area contributed by atoms with Crippen LogP contribution in [0, 0.1) is 5.92 Å². The van der Waals surface area contributed by atoms with E-state index in [1.54, 1.807) is 0 Å². The Morgan fingerprint density at radius 1 is 1.35 bits per heavy atom. The molecule has 1 aromatic heterocycles. The molecule has 0 aliphatic heterocycles. The highest BCUT2D eigenvalue weighted by atomic mass is 15.2. The second-order valence-corrected chi connectivity index (χ2v) is 5.98. The smallest absolute Gasteiger partial charge is 0.152 e. The molecule has 1 saturated carbocycles. The van der Waals surface area contributed by atoms with Crippen LogP contribution < -0.4 is 10.6 Å². The van der Waals surface area contributed by atoms with Gasteiger partial charge in [-0.1, -0.05) is 43.8 Å². The average molecular weight is 308 g/mol. The van der Waals surface area contributed by atoms with E-state index in [2.05, 4.69) is 52.5 Å². The van der Waals surface area contributed by atoms with Gasteiger partial charge in [0.2, 0.25) is 0 Å². The number of anilines is 1. The zero-order valence-corrected chi connectivity index (χ0v) is 13.6. The summed E-state index contributed by atoms with van der Waals surface area (Å²) >= 11 is 0. The van der Waals surface area contributed by atoms with Gasteiger partial charge in [0.1, 0.15) is 0 Å². The van der Waals surface area contributed by atoms with Crippen molar-refractivity contribution in [3.8, 4) is 11.3 Å². The first-order valence-corrected chi connectivity index (χ1v) is 8.28. The predicted molar refractivity (Wildman–Crippen MR) is 95.9 cm³/mol. The van der Waals surface area contributed by atoms with Crippen LogP contribution >= 0.6 is 0 Å². The number of benzene rings is 1. The van der Waals surface area contributed by atoms with E-state index in [0.717, 1.165) is 35.7 Å². The van der Waals surface area contributed by atoms with Gasteiger partial charge < -0.3 is 10.6 Å². The molecule has 1 aliphatic carbocycles. The molecule has 1 heterocycles. The lowest BCUT2D eigenvalue weighted by molar-refractivity contribution is 0.719. The first kappa shape index (κ1) is 15.4. The quantitative estimate of drug-likeness (QED) is 0.637. The Morgan fingerprint density at radius 2 is 2.13 bits per heavy atom. The lowest BCUT2D eigenvalue weighted by Crippen LogP contribution is -2.16. The Balaban J connectivity index is 1.64. The Labute approximate surface area is 137 Å². The summed E-state index contributed by atoms with van der Waals surface area (Å²) in [6.45, 7) is 7.30. The fourth-order valence-electron chi connectivity index (χ4n) is 2.52. The SMILES string of the molecule is C=C(/C=C(\NCCC)C1CC1)Nc1cc(-c2ccccc2)[nH]n1. The van der Waals surface area contributed by atoms with Crippen LogP contribution in [0.25, 0.3) is 11.3 Å². The Morgan fingerprint density at radius 3 is 2.83 bits per heavy atom. The second kappa shape index (κ2) is 7.18. The Hall–Kier alpha value is -2.49. The first-order valence-electron chi connectivity index (χ1n) is 8.28. The van der Waals surface area contributed by atoms with Crippen molar-refractivity contribution in [1.82, 2.24) is 15.5 Å². The third-order valence-corrected chi connectivity index (χ3v) is 3.88. The maximum Gasteiger partial charge on any atom is 0.152 e. The van der Waals surface area contributed by atoms with Gasteiger partial charge in [-0.15, -0.1) is 0 Å². The molecular weight excluding hydrogens is 284 g/mol. The molecule has 0 bridgehead atoms. The van der Waals surface area contributed by atoms with E-state index in [1.807, 2.05) is 24.3 Å². The highest BCUT2D eigenvalue weighted by Gasteiger charge is 2.25. The molecular formula is C19H24N4.